The number of carboxylic acids is 1. The number of hydrogen-bond donors (Lipinski definition) is 2. The Bertz CT molecular complexity index is 702. The molecule has 0 unspecified atom stereocenters. The first kappa shape index (κ1) is 15.5. The van der Waals surface area contributed by atoms with Crippen molar-refractivity contribution < 1.29 is 24.2 Å². The van der Waals surface area contributed by atoms with Gasteiger partial charge in [0, 0.05) is 16.9 Å². The molecule has 1 saturated heterocycles. The Morgan fingerprint density at radius 2 is 2.14 bits per heavy atom. The van der Waals surface area contributed by atoms with Crippen molar-refractivity contribution in [2.45, 2.75) is 11.4 Å². The van der Waals surface area contributed by atoms with E-state index >= 15 is 0 Å². The third kappa shape index (κ3) is 2.08. The SMILES string of the molecule is N[C@@H]1C(=O)N2C(C(=O)O)=C(C(=S)C3=C(Cl)C(=O)OC3)CS[C@@H]12. The van der Waals surface area contributed by atoms with Gasteiger partial charge in [-0.3, -0.25) is 9.69 Å². The highest BCUT2D eigenvalue weighted by Gasteiger charge is 2.52. The van der Waals surface area contributed by atoms with Gasteiger partial charge in [0.25, 0.3) is 0 Å². The fourth-order valence-electron chi connectivity index (χ4n) is 2.42. The molecule has 3 aliphatic heterocycles. The number of thiocarbonyl (C=S) groups is 1. The zero-order valence-electron chi connectivity index (χ0n) is 10.9. The Hall–Kier alpha value is -1.42. The summed E-state index contributed by atoms with van der Waals surface area (Å²) in [7, 11) is 0. The van der Waals surface area contributed by atoms with E-state index in [0.29, 0.717) is 0 Å². The molecule has 0 aromatic rings. The number of carboxylic acid groups (broad SMARTS) is 1. The molecule has 0 spiro atoms. The van der Waals surface area contributed by atoms with Crippen LogP contribution in [0.3, 0.4) is 0 Å². The average Bonchev–Trinajstić information content (AvgIpc) is 2.83. The number of nitrogens with zero attached hydrogens (tertiary/aromatic N) is 1. The largest absolute Gasteiger partial charge is 0.477 e. The number of cyclic esters (lactones) is 1. The zero-order chi connectivity index (χ0) is 16.2. The number of halogens is 1. The molecule has 0 bridgehead atoms. The van der Waals surface area contributed by atoms with Crippen LogP contribution in [-0.4, -0.2) is 56.5 Å². The van der Waals surface area contributed by atoms with Gasteiger partial charge in [0.05, 0.1) is 4.86 Å². The van der Waals surface area contributed by atoms with Crippen LogP contribution in [0.4, 0.5) is 0 Å². The highest BCUT2D eigenvalue weighted by Crippen LogP contribution is 2.41. The van der Waals surface area contributed by atoms with Gasteiger partial charge >= 0.3 is 11.9 Å². The van der Waals surface area contributed by atoms with Crippen LogP contribution < -0.4 is 5.73 Å². The number of thioether (sulfide) groups is 1. The van der Waals surface area contributed by atoms with Crippen molar-refractivity contribution >= 4 is 58.3 Å². The predicted molar refractivity (Wildman–Crippen MR) is 82.2 cm³/mol. The number of β-lactam (4-membered cyclic amide) rings is 1. The van der Waals surface area contributed by atoms with Gasteiger partial charge in [0.1, 0.15) is 28.8 Å². The lowest BCUT2D eigenvalue weighted by Gasteiger charge is -2.48. The number of aliphatic carboxylic acids is 1. The third-order valence-corrected chi connectivity index (χ3v) is 5.73. The van der Waals surface area contributed by atoms with Crippen molar-refractivity contribution in [1.82, 2.24) is 4.90 Å². The minimum atomic E-state index is -1.27. The van der Waals surface area contributed by atoms with Crippen LogP contribution in [0.25, 0.3) is 0 Å². The zero-order valence-corrected chi connectivity index (χ0v) is 13.3. The average molecular weight is 361 g/mol. The molecular weight excluding hydrogens is 352 g/mol. The fourth-order valence-corrected chi connectivity index (χ4v) is 4.41. The molecule has 10 heteroatoms. The number of ether oxygens (including phenoxy) is 1. The third-order valence-electron chi connectivity index (χ3n) is 3.55. The Morgan fingerprint density at radius 1 is 1.45 bits per heavy atom. The summed E-state index contributed by atoms with van der Waals surface area (Å²) in [6.07, 6.45) is 0. The summed E-state index contributed by atoms with van der Waals surface area (Å²) in [5.41, 5.74) is 6.01. The highest BCUT2D eigenvalue weighted by atomic mass is 35.5. The van der Waals surface area contributed by atoms with E-state index in [1.54, 1.807) is 0 Å². The molecule has 0 aliphatic carbocycles. The van der Waals surface area contributed by atoms with Crippen LogP contribution in [0.15, 0.2) is 21.9 Å². The van der Waals surface area contributed by atoms with Gasteiger partial charge in [-0.15, -0.1) is 11.8 Å². The molecule has 0 aromatic heterocycles. The van der Waals surface area contributed by atoms with Crippen molar-refractivity contribution in [2.24, 2.45) is 5.73 Å². The lowest BCUT2D eigenvalue weighted by molar-refractivity contribution is -0.147. The molecule has 3 heterocycles. The maximum absolute atomic E-state index is 11.8. The Balaban J connectivity index is 2.04. The molecule has 0 saturated carbocycles. The summed E-state index contributed by atoms with van der Waals surface area (Å²) < 4.78 is 4.78. The molecule has 0 aromatic carbocycles. The normalized spacial score (nSPS) is 27.6. The number of esters is 1. The molecular formula is C12H9ClN2O5S2. The summed E-state index contributed by atoms with van der Waals surface area (Å²) in [5.74, 6) is -2.16. The monoisotopic (exact) mass is 360 g/mol. The molecule has 1 amide bonds. The predicted octanol–water partition coefficient (Wildman–Crippen LogP) is -0.0129. The number of hydrogen-bond acceptors (Lipinski definition) is 7. The first-order chi connectivity index (χ1) is 10.3. The lowest BCUT2D eigenvalue weighted by atomic mass is 9.99. The minimum Gasteiger partial charge on any atom is -0.477 e. The Morgan fingerprint density at radius 3 is 2.68 bits per heavy atom. The molecule has 7 nitrogen and oxygen atoms in total. The smallest absolute Gasteiger partial charge is 0.353 e. The van der Waals surface area contributed by atoms with Gasteiger partial charge < -0.3 is 15.6 Å². The van der Waals surface area contributed by atoms with E-state index in [-0.39, 0.29) is 39.1 Å². The Labute approximate surface area is 139 Å². The number of carbonyl (C=O) groups is 3. The van der Waals surface area contributed by atoms with E-state index in [1.165, 1.54) is 11.8 Å². The summed E-state index contributed by atoms with van der Waals surface area (Å²) in [5, 5.41) is 8.88. The van der Waals surface area contributed by atoms with Gasteiger partial charge in [0.2, 0.25) is 5.91 Å². The number of nitrogens with two attached hydrogens (primary N) is 1. The van der Waals surface area contributed by atoms with Crippen LogP contribution in [0.5, 0.6) is 0 Å². The summed E-state index contributed by atoms with van der Waals surface area (Å²) >= 11 is 12.4. The first-order valence-corrected chi connectivity index (χ1v) is 7.95. The fraction of sp³-hybridized carbons (Fsp3) is 0.333. The molecule has 22 heavy (non-hydrogen) atoms. The second-order valence-electron chi connectivity index (χ2n) is 4.77. The molecule has 3 aliphatic rings. The number of amides is 1. The van der Waals surface area contributed by atoms with Crippen LogP contribution in [0.1, 0.15) is 0 Å². The molecule has 0 radical (unpaired) electrons. The van der Waals surface area contributed by atoms with Gasteiger partial charge in [-0.1, -0.05) is 23.8 Å². The van der Waals surface area contributed by atoms with Crippen molar-refractivity contribution in [1.29, 1.82) is 0 Å². The van der Waals surface area contributed by atoms with Gasteiger partial charge in [-0.25, -0.2) is 9.59 Å². The molecule has 1 fully saturated rings. The van der Waals surface area contributed by atoms with E-state index in [9.17, 15) is 19.5 Å². The van der Waals surface area contributed by atoms with Crippen LogP contribution in [-0.2, 0) is 19.1 Å². The summed E-state index contributed by atoms with van der Waals surface area (Å²) in [6, 6.07) is -0.714. The first-order valence-electron chi connectivity index (χ1n) is 6.11. The van der Waals surface area contributed by atoms with E-state index in [1.807, 2.05) is 0 Å². The minimum absolute atomic E-state index is 0.103. The van der Waals surface area contributed by atoms with Crippen molar-refractivity contribution in [3.63, 3.8) is 0 Å². The maximum Gasteiger partial charge on any atom is 0.353 e. The van der Waals surface area contributed by atoms with Crippen LogP contribution >= 0.6 is 35.6 Å². The molecule has 116 valence electrons. The van der Waals surface area contributed by atoms with E-state index < -0.39 is 29.3 Å². The number of carbonyl (C=O) groups excluding carboxylic acids is 2. The maximum atomic E-state index is 11.8. The quantitative estimate of drug-likeness (QED) is 0.411. The van der Waals surface area contributed by atoms with Crippen LogP contribution in [0.2, 0.25) is 0 Å². The van der Waals surface area contributed by atoms with Gasteiger partial charge in [-0.05, 0) is 0 Å². The molecule has 2 atom stereocenters. The van der Waals surface area contributed by atoms with Gasteiger partial charge in [0.15, 0.2) is 0 Å². The van der Waals surface area contributed by atoms with Crippen molar-refractivity contribution in [3.05, 3.63) is 21.9 Å². The highest BCUT2D eigenvalue weighted by molar-refractivity contribution is 8.00. The van der Waals surface area contributed by atoms with Crippen molar-refractivity contribution in [3.8, 4) is 0 Å². The topological polar surface area (TPSA) is 110 Å². The second-order valence-corrected chi connectivity index (χ2v) is 6.66. The molecule has 3 N–H and O–H groups in total. The van der Waals surface area contributed by atoms with E-state index in [2.05, 4.69) is 0 Å². The van der Waals surface area contributed by atoms with Crippen molar-refractivity contribution in [2.75, 3.05) is 12.4 Å². The number of rotatable bonds is 3. The second kappa shape index (κ2) is 5.34. The Kier molecular flexibility index (Phi) is 3.76. The molecule has 3 rings (SSSR count). The van der Waals surface area contributed by atoms with E-state index in [4.69, 9.17) is 34.3 Å². The standard InChI is InChI=1S/C12H9ClN2O5S2/c13-5-3(1-20-12(5)19)8(21)4-2-22-10-6(14)9(16)15(10)7(4)11(17)18/h6,10H,1-2,14H2,(H,17,18)/t6-,10+/m1/s1. The summed E-state index contributed by atoms with van der Waals surface area (Å²) in [6.45, 7) is -0.103. The summed E-state index contributed by atoms with van der Waals surface area (Å²) in [4.78, 5) is 36.0. The van der Waals surface area contributed by atoms with Gasteiger partial charge in [-0.2, -0.15) is 0 Å². The van der Waals surface area contributed by atoms with Crippen LogP contribution in [0, 0.1) is 0 Å². The van der Waals surface area contributed by atoms with E-state index in [0.717, 1.165) is 4.90 Å². The number of fused-ring (bicyclic) bond motifs is 1. The lowest BCUT2D eigenvalue weighted by Crippen LogP contribution is -2.68.